The Hall–Kier alpha value is -2.52. The van der Waals surface area contributed by atoms with E-state index in [1.807, 2.05) is 30.3 Å². The molecule has 2 aromatic carbocycles. The number of nitrogen functional groups attached to an aromatic ring is 1. The minimum absolute atomic E-state index is 0.0154. The van der Waals surface area contributed by atoms with Crippen LogP contribution < -0.4 is 21.7 Å². The Morgan fingerprint density at radius 3 is 2.04 bits per heavy atom. The van der Waals surface area contributed by atoms with E-state index < -0.39 is 6.10 Å². The van der Waals surface area contributed by atoms with Gasteiger partial charge in [0.25, 0.3) is 0 Å². The van der Waals surface area contributed by atoms with E-state index in [0.29, 0.717) is 18.8 Å². The molecule has 0 aliphatic heterocycles. The zero-order valence-electron chi connectivity index (χ0n) is 15.2. The highest BCUT2D eigenvalue weighted by atomic mass is 16.3. The van der Waals surface area contributed by atoms with Gasteiger partial charge in [0.15, 0.2) is 0 Å². The van der Waals surface area contributed by atoms with Crippen molar-refractivity contribution < 1.29 is 20.4 Å². The molecule has 27 heavy (non-hydrogen) atoms. The molecule has 0 amide bonds. The number of rotatable bonds is 11. The molecule has 148 valence electrons. The van der Waals surface area contributed by atoms with E-state index in [0.717, 1.165) is 28.2 Å². The molecule has 0 aliphatic rings. The first-order chi connectivity index (χ1) is 13.1. The second kappa shape index (κ2) is 10.6. The van der Waals surface area contributed by atoms with Crippen molar-refractivity contribution >= 4 is 22.7 Å². The maximum absolute atomic E-state index is 9.66. The molecule has 0 heterocycles. The average Bonchev–Trinajstić information content (AvgIpc) is 2.69. The normalized spacial score (nSPS) is 11.9. The predicted octanol–water partition coefficient (Wildman–Crippen LogP) is 0.509. The summed E-state index contributed by atoms with van der Waals surface area (Å²) in [5.74, 6) is 0. The molecular formula is C19H28N4O4. The van der Waals surface area contributed by atoms with Crippen molar-refractivity contribution in [2.24, 2.45) is 0 Å². The van der Waals surface area contributed by atoms with E-state index in [1.54, 1.807) is 6.07 Å². The second-order valence-corrected chi connectivity index (χ2v) is 6.05. The molecule has 0 aromatic heterocycles. The summed E-state index contributed by atoms with van der Waals surface area (Å²) in [7, 11) is 0. The number of anilines is 4. The quantitative estimate of drug-likeness (QED) is 0.265. The number of hydrogen-bond acceptors (Lipinski definition) is 8. The minimum Gasteiger partial charge on any atom is -0.399 e. The van der Waals surface area contributed by atoms with Crippen molar-refractivity contribution in [2.45, 2.75) is 6.10 Å². The Labute approximate surface area is 158 Å². The van der Waals surface area contributed by atoms with Crippen LogP contribution in [0.2, 0.25) is 0 Å². The van der Waals surface area contributed by atoms with E-state index in [1.165, 1.54) is 0 Å². The molecule has 0 saturated carbocycles. The standard InChI is InChI=1S/C19H28N4O4/c20-13-4-5-16(23-11-14(27)12-26)15(10-13)19-17(21-6-8-24)2-1-3-18(19)22-7-9-25/h1-5,10,14,21-27H,6-9,11-12,20H2. The van der Waals surface area contributed by atoms with Gasteiger partial charge in [0.1, 0.15) is 0 Å². The summed E-state index contributed by atoms with van der Waals surface area (Å²) in [6.07, 6.45) is -0.884. The number of hydrogen-bond donors (Lipinski definition) is 8. The molecule has 8 nitrogen and oxygen atoms in total. The van der Waals surface area contributed by atoms with Crippen LogP contribution in [0, 0.1) is 0 Å². The van der Waals surface area contributed by atoms with Crippen molar-refractivity contribution in [3.8, 4) is 11.1 Å². The van der Waals surface area contributed by atoms with Crippen LogP contribution in [0.3, 0.4) is 0 Å². The molecule has 2 rings (SSSR count). The van der Waals surface area contributed by atoms with Gasteiger partial charge in [-0.25, -0.2) is 0 Å². The summed E-state index contributed by atoms with van der Waals surface area (Å²) in [6, 6.07) is 11.0. The van der Waals surface area contributed by atoms with Crippen molar-refractivity contribution in [3.05, 3.63) is 36.4 Å². The van der Waals surface area contributed by atoms with Gasteiger partial charge in [-0.2, -0.15) is 0 Å². The SMILES string of the molecule is Nc1ccc(NCC(O)CO)c(-c2c(NCCO)cccc2NCCO)c1. The Morgan fingerprint density at radius 2 is 1.48 bits per heavy atom. The third-order valence-electron chi connectivity index (χ3n) is 3.97. The van der Waals surface area contributed by atoms with Gasteiger partial charge >= 0.3 is 0 Å². The van der Waals surface area contributed by atoms with E-state index in [4.69, 9.17) is 10.8 Å². The van der Waals surface area contributed by atoms with Gasteiger partial charge in [0, 0.05) is 53.5 Å². The summed E-state index contributed by atoms with van der Waals surface area (Å²) in [6.45, 7) is 0.570. The lowest BCUT2D eigenvalue weighted by atomic mass is 9.98. The third-order valence-corrected chi connectivity index (χ3v) is 3.97. The van der Waals surface area contributed by atoms with Crippen molar-refractivity contribution in [3.63, 3.8) is 0 Å². The van der Waals surface area contributed by atoms with Gasteiger partial charge < -0.3 is 42.1 Å². The van der Waals surface area contributed by atoms with Crippen LogP contribution in [0.15, 0.2) is 36.4 Å². The Morgan fingerprint density at radius 1 is 0.852 bits per heavy atom. The average molecular weight is 376 g/mol. The molecule has 0 aliphatic carbocycles. The van der Waals surface area contributed by atoms with Gasteiger partial charge in [-0.1, -0.05) is 6.07 Å². The highest BCUT2D eigenvalue weighted by Crippen LogP contribution is 2.40. The number of aliphatic hydroxyl groups excluding tert-OH is 4. The maximum Gasteiger partial charge on any atom is 0.0942 e. The lowest BCUT2D eigenvalue weighted by Crippen LogP contribution is -2.23. The molecule has 0 fully saturated rings. The van der Waals surface area contributed by atoms with Gasteiger partial charge in [-0.05, 0) is 30.3 Å². The van der Waals surface area contributed by atoms with Crippen molar-refractivity contribution in [1.82, 2.24) is 0 Å². The molecule has 1 atom stereocenters. The van der Waals surface area contributed by atoms with Crippen LogP contribution in [0.4, 0.5) is 22.7 Å². The summed E-state index contributed by atoms with van der Waals surface area (Å²) in [5.41, 5.74) is 10.5. The number of nitrogens with one attached hydrogen (secondary N) is 3. The van der Waals surface area contributed by atoms with Crippen LogP contribution in [0.25, 0.3) is 11.1 Å². The molecule has 1 unspecified atom stereocenters. The monoisotopic (exact) mass is 376 g/mol. The van der Waals surface area contributed by atoms with E-state index in [-0.39, 0.29) is 26.4 Å². The van der Waals surface area contributed by atoms with E-state index in [2.05, 4.69) is 16.0 Å². The molecule has 0 saturated heterocycles. The molecule has 8 heteroatoms. The number of nitrogens with two attached hydrogens (primary N) is 1. The molecule has 0 radical (unpaired) electrons. The molecule has 0 bridgehead atoms. The first-order valence-corrected chi connectivity index (χ1v) is 8.85. The second-order valence-electron chi connectivity index (χ2n) is 6.05. The van der Waals surface area contributed by atoms with Gasteiger partial charge in [-0.15, -0.1) is 0 Å². The fraction of sp³-hybridized carbons (Fsp3) is 0.368. The third kappa shape index (κ3) is 5.73. The van der Waals surface area contributed by atoms with E-state index in [9.17, 15) is 15.3 Å². The fourth-order valence-corrected chi connectivity index (χ4v) is 2.73. The first-order valence-electron chi connectivity index (χ1n) is 8.85. The predicted molar refractivity (Wildman–Crippen MR) is 109 cm³/mol. The van der Waals surface area contributed by atoms with Crippen molar-refractivity contribution in [2.75, 3.05) is 61.1 Å². The fourth-order valence-electron chi connectivity index (χ4n) is 2.73. The zero-order valence-corrected chi connectivity index (χ0v) is 15.2. The minimum atomic E-state index is -0.884. The van der Waals surface area contributed by atoms with Gasteiger partial charge in [0.05, 0.1) is 25.9 Å². The lowest BCUT2D eigenvalue weighted by Gasteiger charge is -2.21. The first kappa shape index (κ1) is 20.8. The van der Waals surface area contributed by atoms with E-state index >= 15 is 0 Å². The maximum atomic E-state index is 9.66. The lowest BCUT2D eigenvalue weighted by molar-refractivity contribution is 0.105. The highest BCUT2D eigenvalue weighted by Gasteiger charge is 2.15. The highest BCUT2D eigenvalue weighted by molar-refractivity contribution is 5.95. The summed E-state index contributed by atoms with van der Waals surface area (Å²) in [4.78, 5) is 0. The van der Waals surface area contributed by atoms with Gasteiger partial charge in [-0.3, -0.25) is 0 Å². The Balaban J connectivity index is 2.51. The molecule has 0 spiro atoms. The summed E-state index contributed by atoms with van der Waals surface area (Å²) < 4.78 is 0. The molecular weight excluding hydrogens is 348 g/mol. The molecule has 2 aromatic rings. The summed E-state index contributed by atoms with van der Waals surface area (Å²) >= 11 is 0. The summed E-state index contributed by atoms with van der Waals surface area (Å²) in [5, 5.41) is 46.6. The number of aliphatic hydroxyl groups is 4. The van der Waals surface area contributed by atoms with Crippen LogP contribution in [-0.4, -0.2) is 66.0 Å². The van der Waals surface area contributed by atoms with Crippen LogP contribution in [0.5, 0.6) is 0 Å². The Bertz CT molecular complexity index is 701. The zero-order chi connectivity index (χ0) is 19.6. The van der Waals surface area contributed by atoms with Crippen molar-refractivity contribution in [1.29, 1.82) is 0 Å². The largest absolute Gasteiger partial charge is 0.399 e. The Kier molecular flexibility index (Phi) is 8.15. The number of benzene rings is 2. The van der Waals surface area contributed by atoms with Crippen LogP contribution in [-0.2, 0) is 0 Å². The van der Waals surface area contributed by atoms with Crippen LogP contribution >= 0.6 is 0 Å². The molecule has 9 N–H and O–H groups in total. The smallest absolute Gasteiger partial charge is 0.0942 e. The van der Waals surface area contributed by atoms with Crippen LogP contribution in [0.1, 0.15) is 0 Å². The van der Waals surface area contributed by atoms with Gasteiger partial charge in [0.2, 0.25) is 0 Å². The topological polar surface area (TPSA) is 143 Å².